The van der Waals surface area contributed by atoms with Crippen molar-refractivity contribution in [3.63, 3.8) is 0 Å². The Kier molecular flexibility index (Phi) is 4.41. The highest BCUT2D eigenvalue weighted by Gasteiger charge is 1.89. The van der Waals surface area contributed by atoms with Gasteiger partial charge in [-0.1, -0.05) is 42.0 Å². The summed E-state index contributed by atoms with van der Waals surface area (Å²) in [6.07, 6.45) is 4.43. The maximum Gasteiger partial charge on any atom is 0.0654 e. The molecule has 0 radical (unpaired) electrons. The van der Waals surface area contributed by atoms with Crippen molar-refractivity contribution >= 4 is 6.08 Å². The van der Waals surface area contributed by atoms with Gasteiger partial charge in [0.05, 0.1) is 12.7 Å². The number of ether oxygens (including phenoxy) is 1. The Hall–Kier alpha value is -1.08. The van der Waals surface area contributed by atoms with Crippen LogP contribution in [-0.4, -0.2) is 12.7 Å². The lowest BCUT2D eigenvalue weighted by Crippen LogP contribution is -2.01. The molecule has 0 atom stereocenters. The maximum absolute atomic E-state index is 5.40. The van der Waals surface area contributed by atoms with Gasteiger partial charge in [-0.2, -0.15) is 0 Å². The molecule has 0 bridgehead atoms. The lowest BCUT2D eigenvalue weighted by atomic mass is 10.1. The van der Waals surface area contributed by atoms with Crippen molar-refractivity contribution in [2.75, 3.05) is 6.61 Å². The van der Waals surface area contributed by atoms with Crippen LogP contribution in [0, 0.1) is 6.92 Å². The van der Waals surface area contributed by atoms with E-state index in [1.165, 1.54) is 11.1 Å². The predicted molar refractivity (Wildman–Crippen MR) is 61.3 cm³/mol. The van der Waals surface area contributed by atoms with E-state index in [2.05, 4.69) is 37.3 Å². The summed E-state index contributed by atoms with van der Waals surface area (Å²) in [4.78, 5) is 0. The van der Waals surface area contributed by atoms with Crippen molar-refractivity contribution in [1.82, 2.24) is 0 Å². The Labute approximate surface area is 86.4 Å². The van der Waals surface area contributed by atoms with E-state index in [1.807, 2.05) is 19.9 Å². The Morgan fingerprint density at radius 3 is 2.43 bits per heavy atom. The summed E-state index contributed by atoms with van der Waals surface area (Å²) in [5.41, 5.74) is 2.52. The van der Waals surface area contributed by atoms with E-state index >= 15 is 0 Å². The van der Waals surface area contributed by atoms with Crippen LogP contribution in [0.3, 0.4) is 0 Å². The van der Waals surface area contributed by atoms with E-state index < -0.39 is 0 Å². The molecule has 0 aromatic heterocycles. The second-order valence-electron chi connectivity index (χ2n) is 3.70. The maximum atomic E-state index is 5.40. The fraction of sp³-hybridized carbons (Fsp3) is 0.385. The van der Waals surface area contributed by atoms with Gasteiger partial charge in [-0.3, -0.25) is 0 Å². The van der Waals surface area contributed by atoms with Crippen LogP contribution in [0.2, 0.25) is 0 Å². The van der Waals surface area contributed by atoms with Crippen LogP contribution >= 0.6 is 0 Å². The third-order valence-corrected chi connectivity index (χ3v) is 1.91. The van der Waals surface area contributed by atoms with Gasteiger partial charge >= 0.3 is 0 Å². The van der Waals surface area contributed by atoms with Crippen LogP contribution in [0.4, 0.5) is 0 Å². The van der Waals surface area contributed by atoms with Crippen molar-refractivity contribution in [3.8, 4) is 0 Å². The number of rotatable bonds is 4. The fourth-order valence-corrected chi connectivity index (χ4v) is 1.11. The van der Waals surface area contributed by atoms with Gasteiger partial charge < -0.3 is 4.74 Å². The minimum Gasteiger partial charge on any atom is -0.375 e. The Balaban J connectivity index is 2.40. The van der Waals surface area contributed by atoms with Crippen molar-refractivity contribution < 1.29 is 4.74 Å². The third-order valence-electron chi connectivity index (χ3n) is 1.91. The average molecular weight is 190 g/mol. The Morgan fingerprint density at radius 2 is 1.86 bits per heavy atom. The molecule has 0 aliphatic carbocycles. The quantitative estimate of drug-likeness (QED) is 0.706. The SMILES string of the molecule is Cc1ccc(/C=C/COC(C)C)cc1. The highest BCUT2D eigenvalue weighted by Crippen LogP contribution is 2.04. The first-order chi connectivity index (χ1) is 6.68. The van der Waals surface area contributed by atoms with Crippen LogP contribution < -0.4 is 0 Å². The molecule has 0 N–H and O–H groups in total. The largest absolute Gasteiger partial charge is 0.375 e. The third kappa shape index (κ3) is 4.24. The first-order valence-electron chi connectivity index (χ1n) is 5.03. The molecular formula is C13H18O. The summed E-state index contributed by atoms with van der Waals surface area (Å²) >= 11 is 0. The summed E-state index contributed by atoms with van der Waals surface area (Å²) in [5.74, 6) is 0. The predicted octanol–water partition coefficient (Wildman–Crippen LogP) is 3.43. The number of aryl methyl sites for hydroxylation is 1. The molecule has 1 aromatic carbocycles. The lowest BCUT2D eigenvalue weighted by Gasteiger charge is -2.02. The second kappa shape index (κ2) is 5.61. The van der Waals surface area contributed by atoms with E-state index in [4.69, 9.17) is 4.74 Å². The molecule has 0 fully saturated rings. The number of benzene rings is 1. The molecule has 0 saturated heterocycles. The zero-order valence-corrected chi connectivity index (χ0v) is 9.16. The highest BCUT2D eigenvalue weighted by molar-refractivity contribution is 5.49. The summed E-state index contributed by atoms with van der Waals surface area (Å²) in [6.45, 7) is 6.86. The van der Waals surface area contributed by atoms with E-state index in [9.17, 15) is 0 Å². The van der Waals surface area contributed by atoms with E-state index in [1.54, 1.807) is 0 Å². The molecule has 76 valence electrons. The molecule has 0 unspecified atom stereocenters. The first-order valence-corrected chi connectivity index (χ1v) is 5.03. The topological polar surface area (TPSA) is 9.23 Å². The molecular weight excluding hydrogens is 172 g/mol. The van der Waals surface area contributed by atoms with Gasteiger partial charge in [0.15, 0.2) is 0 Å². The zero-order valence-electron chi connectivity index (χ0n) is 9.16. The minimum absolute atomic E-state index is 0.303. The molecule has 1 aromatic rings. The normalized spacial score (nSPS) is 11.4. The zero-order chi connectivity index (χ0) is 10.4. The standard InChI is InChI=1S/C13H18O/c1-11(2)14-10-4-5-13-8-6-12(3)7-9-13/h4-9,11H,10H2,1-3H3/b5-4+. The molecule has 1 rings (SSSR count). The molecule has 14 heavy (non-hydrogen) atoms. The van der Waals surface area contributed by atoms with Crippen LogP contribution in [0.15, 0.2) is 30.3 Å². The van der Waals surface area contributed by atoms with Crippen LogP contribution in [0.25, 0.3) is 6.08 Å². The number of hydrogen-bond acceptors (Lipinski definition) is 1. The molecule has 0 saturated carbocycles. The summed E-state index contributed by atoms with van der Waals surface area (Å²) in [5, 5.41) is 0. The van der Waals surface area contributed by atoms with E-state index in [-0.39, 0.29) is 0 Å². The van der Waals surface area contributed by atoms with Crippen LogP contribution in [0.1, 0.15) is 25.0 Å². The van der Waals surface area contributed by atoms with Gasteiger partial charge in [-0.05, 0) is 26.3 Å². The van der Waals surface area contributed by atoms with Gasteiger partial charge in [-0.15, -0.1) is 0 Å². The monoisotopic (exact) mass is 190 g/mol. The van der Waals surface area contributed by atoms with Crippen molar-refractivity contribution in [2.45, 2.75) is 26.9 Å². The van der Waals surface area contributed by atoms with E-state index in [0.29, 0.717) is 12.7 Å². The van der Waals surface area contributed by atoms with E-state index in [0.717, 1.165) is 0 Å². The first kappa shape index (κ1) is 11.0. The van der Waals surface area contributed by atoms with Gasteiger partial charge in [-0.25, -0.2) is 0 Å². The van der Waals surface area contributed by atoms with Crippen molar-refractivity contribution in [1.29, 1.82) is 0 Å². The van der Waals surface area contributed by atoms with Gasteiger partial charge in [0.1, 0.15) is 0 Å². The van der Waals surface area contributed by atoms with Crippen molar-refractivity contribution in [3.05, 3.63) is 41.5 Å². The van der Waals surface area contributed by atoms with Gasteiger partial charge in [0.25, 0.3) is 0 Å². The molecule has 1 nitrogen and oxygen atoms in total. The average Bonchev–Trinajstić information content (AvgIpc) is 2.15. The summed E-state index contributed by atoms with van der Waals surface area (Å²) in [6, 6.07) is 8.45. The summed E-state index contributed by atoms with van der Waals surface area (Å²) in [7, 11) is 0. The molecule has 0 heterocycles. The lowest BCUT2D eigenvalue weighted by molar-refractivity contribution is 0.103. The Morgan fingerprint density at radius 1 is 1.21 bits per heavy atom. The van der Waals surface area contributed by atoms with Crippen LogP contribution in [-0.2, 0) is 4.74 Å². The number of hydrogen-bond donors (Lipinski definition) is 0. The Bertz CT molecular complexity index is 283. The molecule has 0 aliphatic rings. The van der Waals surface area contributed by atoms with Gasteiger partial charge in [0.2, 0.25) is 0 Å². The van der Waals surface area contributed by atoms with Crippen molar-refractivity contribution in [2.24, 2.45) is 0 Å². The highest BCUT2D eigenvalue weighted by atomic mass is 16.5. The minimum atomic E-state index is 0.303. The molecule has 0 spiro atoms. The second-order valence-corrected chi connectivity index (χ2v) is 3.70. The molecule has 0 amide bonds. The molecule has 1 heteroatoms. The van der Waals surface area contributed by atoms with Gasteiger partial charge in [0, 0.05) is 0 Å². The smallest absolute Gasteiger partial charge is 0.0654 e. The molecule has 0 aliphatic heterocycles. The van der Waals surface area contributed by atoms with Crippen LogP contribution in [0.5, 0.6) is 0 Å². The fourth-order valence-electron chi connectivity index (χ4n) is 1.11. The summed E-state index contributed by atoms with van der Waals surface area (Å²) < 4.78 is 5.40.